The van der Waals surface area contributed by atoms with Gasteiger partial charge in [0.05, 0.1) is 0 Å². The number of hydrogen-bond donors (Lipinski definition) is 2. The third-order valence-electron chi connectivity index (χ3n) is 3.10. The van der Waals surface area contributed by atoms with Crippen LogP contribution in [0.2, 0.25) is 0 Å². The molecule has 6 heteroatoms. The standard InChI is InChI=1S/C13H23N3O3/c1-4-16(5-2)8-6-7-10(3)14-13-15-11(9-19-13)12(17)18/h9-10H,4-8H2,1-3H3,(H,14,15)(H,17,18). The Morgan fingerprint density at radius 2 is 2.21 bits per heavy atom. The third-order valence-corrected chi connectivity index (χ3v) is 3.10. The maximum Gasteiger partial charge on any atom is 0.357 e. The van der Waals surface area contributed by atoms with Crippen molar-refractivity contribution in [3.63, 3.8) is 0 Å². The zero-order valence-corrected chi connectivity index (χ0v) is 11.8. The van der Waals surface area contributed by atoms with Crippen LogP contribution >= 0.6 is 0 Å². The molecule has 1 unspecified atom stereocenters. The Hall–Kier alpha value is -1.56. The number of carboxylic acids is 1. The highest BCUT2D eigenvalue weighted by Gasteiger charge is 2.12. The average Bonchev–Trinajstić information content (AvgIpc) is 2.83. The first-order chi connectivity index (χ1) is 9.06. The summed E-state index contributed by atoms with van der Waals surface area (Å²) in [5.41, 5.74) is -0.0714. The van der Waals surface area contributed by atoms with Crippen LogP contribution in [-0.2, 0) is 0 Å². The van der Waals surface area contributed by atoms with E-state index in [0.717, 1.165) is 38.7 Å². The molecule has 0 bridgehead atoms. The average molecular weight is 269 g/mol. The quantitative estimate of drug-likeness (QED) is 0.716. The van der Waals surface area contributed by atoms with Crippen molar-refractivity contribution in [1.29, 1.82) is 0 Å². The van der Waals surface area contributed by atoms with Gasteiger partial charge in [-0.2, -0.15) is 4.98 Å². The molecular formula is C13H23N3O3. The number of carboxylic acid groups (broad SMARTS) is 1. The smallest absolute Gasteiger partial charge is 0.357 e. The molecule has 0 aromatic carbocycles. The Balaban J connectivity index is 2.30. The van der Waals surface area contributed by atoms with Crippen LogP contribution in [0.1, 0.15) is 44.1 Å². The summed E-state index contributed by atoms with van der Waals surface area (Å²) in [5.74, 6) is -1.08. The molecule has 0 amide bonds. The SMILES string of the molecule is CCN(CC)CCCC(C)Nc1nc(C(=O)O)co1. The normalized spacial score (nSPS) is 12.6. The Morgan fingerprint density at radius 3 is 2.74 bits per heavy atom. The molecule has 1 atom stereocenters. The van der Waals surface area contributed by atoms with Crippen LogP contribution in [0.5, 0.6) is 0 Å². The van der Waals surface area contributed by atoms with Crippen LogP contribution in [0.3, 0.4) is 0 Å². The van der Waals surface area contributed by atoms with E-state index in [0.29, 0.717) is 0 Å². The van der Waals surface area contributed by atoms with Crippen LogP contribution in [0.15, 0.2) is 10.7 Å². The number of aromatic nitrogens is 1. The predicted molar refractivity (Wildman–Crippen MR) is 73.6 cm³/mol. The van der Waals surface area contributed by atoms with Crippen molar-refractivity contribution in [1.82, 2.24) is 9.88 Å². The van der Waals surface area contributed by atoms with E-state index in [1.807, 2.05) is 6.92 Å². The second-order valence-corrected chi connectivity index (χ2v) is 4.56. The molecule has 1 aromatic rings. The number of oxazole rings is 1. The van der Waals surface area contributed by atoms with Gasteiger partial charge in [-0.25, -0.2) is 4.79 Å². The zero-order valence-electron chi connectivity index (χ0n) is 11.8. The fourth-order valence-corrected chi connectivity index (χ4v) is 1.88. The van der Waals surface area contributed by atoms with Crippen LogP contribution < -0.4 is 5.32 Å². The summed E-state index contributed by atoms with van der Waals surface area (Å²) >= 11 is 0. The molecule has 19 heavy (non-hydrogen) atoms. The molecule has 6 nitrogen and oxygen atoms in total. The number of carbonyl (C=O) groups is 1. The van der Waals surface area contributed by atoms with E-state index in [4.69, 9.17) is 9.52 Å². The molecule has 0 fully saturated rings. The Labute approximate surface area is 113 Å². The molecule has 0 aliphatic heterocycles. The van der Waals surface area contributed by atoms with E-state index in [9.17, 15) is 4.79 Å². The van der Waals surface area contributed by atoms with Gasteiger partial charge < -0.3 is 19.7 Å². The van der Waals surface area contributed by atoms with Crippen molar-refractivity contribution in [2.75, 3.05) is 25.0 Å². The molecule has 108 valence electrons. The first-order valence-corrected chi connectivity index (χ1v) is 6.74. The van der Waals surface area contributed by atoms with Gasteiger partial charge in [-0.1, -0.05) is 13.8 Å². The lowest BCUT2D eigenvalue weighted by atomic mass is 10.2. The minimum absolute atomic E-state index is 0.0714. The van der Waals surface area contributed by atoms with Crippen molar-refractivity contribution < 1.29 is 14.3 Å². The molecule has 1 rings (SSSR count). The van der Waals surface area contributed by atoms with Crippen LogP contribution in [-0.4, -0.2) is 46.6 Å². The van der Waals surface area contributed by atoms with Crippen LogP contribution in [0.4, 0.5) is 6.01 Å². The van der Waals surface area contributed by atoms with Gasteiger partial charge in [0.15, 0.2) is 5.69 Å². The van der Waals surface area contributed by atoms with Gasteiger partial charge in [0.25, 0.3) is 6.01 Å². The van der Waals surface area contributed by atoms with E-state index in [-0.39, 0.29) is 17.8 Å². The molecule has 0 spiro atoms. The largest absolute Gasteiger partial charge is 0.476 e. The number of anilines is 1. The van der Waals surface area contributed by atoms with Crippen molar-refractivity contribution in [3.05, 3.63) is 12.0 Å². The number of nitrogens with zero attached hydrogens (tertiary/aromatic N) is 2. The number of aromatic carboxylic acids is 1. The second-order valence-electron chi connectivity index (χ2n) is 4.56. The van der Waals surface area contributed by atoms with Gasteiger partial charge in [-0.15, -0.1) is 0 Å². The lowest BCUT2D eigenvalue weighted by Gasteiger charge is -2.19. The highest BCUT2D eigenvalue weighted by molar-refractivity contribution is 5.85. The van der Waals surface area contributed by atoms with E-state index < -0.39 is 5.97 Å². The van der Waals surface area contributed by atoms with Crippen molar-refractivity contribution >= 4 is 12.0 Å². The molecule has 1 heterocycles. The van der Waals surface area contributed by atoms with Crippen LogP contribution in [0, 0.1) is 0 Å². The topological polar surface area (TPSA) is 78.6 Å². The monoisotopic (exact) mass is 269 g/mol. The number of hydrogen-bond acceptors (Lipinski definition) is 5. The van der Waals surface area contributed by atoms with E-state index in [1.54, 1.807) is 0 Å². The molecule has 0 aliphatic carbocycles. The minimum atomic E-state index is -1.08. The number of rotatable bonds is 9. The first kappa shape index (κ1) is 15.5. The molecular weight excluding hydrogens is 246 g/mol. The fraction of sp³-hybridized carbons (Fsp3) is 0.692. The Bertz CT molecular complexity index is 388. The van der Waals surface area contributed by atoms with E-state index in [1.165, 1.54) is 0 Å². The van der Waals surface area contributed by atoms with Gasteiger partial charge in [0.2, 0.25) is 0 Å². The third kappa shape index (κ3) is 5.30. The van der Waals surface area contributed by atoms with Gasteiger partial charge in [0.1, 0.15) is 6.26 Å². The number of nitrogens with one attached hydrogen (secondary N) is 1. The fourth-order valence-electron chi connectivity index (χ4n) is 1.88. The van der Waals surface area contributed by atoms with Gasteiger partial charge >= 0.3 is 5.97 Å². The highest BCUT2D eigenvalue weighted by Crippen LogP contribution is 2.11. The highest BCUT2D eigenvalue weighted by atomic mass is 16.4. The molecule has 0 saturated heterocycles. The maximum atomic E-state index is 10.7. The van der Waals surface area contributed by atoms with Gasteiger partial charge in [-0.3, -0.25) is 0 Å². The summed E-state index contributed by atoms with van der Waals surface area (Å²) in [6, 6.07) is 0.476. The molecule has 1 aromatic heterocycles. The Kier molecular flexibility index (Phi) is 6.35. The minimum Gasteiger partial charge on any atom is -0.476 e. The van der Waals surface area contributed by atoms with E-state index in [2.05, 4.69) is 29.0 Å². The van der Waals surface area contributed by atoms with Crippen molar-refractivity contribution in [2.24, 2.45) is 0 Å². The summed E-state index contributed by atoms with van der Waals surface area (Å²) in [4.78, 5) is 16.9. The molecule has 0 saturated carbocycles. The van der Waals surface area contributed by atoms with Gasteiger partial charge in [0, 0.05) is 6.04 Å². The summed E-state index contributed by atoms with van der Waals surface area (Å²) in [6.45, 7) is 9.56. The summed E-state index contributed by atoms with van der Waals surface area (Å²) in [7, 11) is 0. The maximum absolute atomic E-state index is 10.7. The van der Waals surface area contributed by atoms with Crippen molar-refractivity contribution in [2.45, 2.75) is 39.7 Å². The Morgan fingerprint density at radius 1 is 1.53 bits per heavy atom. The summed E-state index contributed by atoms with van der Waals surface area (Å²) in [6.07, 6.45) is 3.22. The summed E-state index contributed by atoms with van der Waals surface area (Å²) < 4.78 is 5.05. The lowest BCUT2D eigenvalue weighted by Crippen LogP contribution is -2.25. The molecule has 2 N–H and O–H groups in total. The molecule has 0 aliphatic rings. The lowest BCUT2D eigenvalue weighted by molar-refractivity contribution is 0.0690. The summed E-state index contributed by atoms with van der Waals surface area (Å²) in [5, 5.41) is 11.8. The second kappa shape index (κ2) is 7.78. The van der Waals surface area contributed by atoms with Crippen molar-refractivity contribution in [3.8, 4) is 0 Å². The van der Waals surface area contributed by atoms with E-state index >= 15 is 0 Å². The first-order valence-electron chi connectivity index (χ1n) is 6.74. The van der Waals surface area contributed by atoms with Crippen LogP contribution in [0.25, 0.3) is 0 Å². The van der Waals surface area contributed by atoms with Gasteiger partial charge in [-0.05, 0) is 39.4 Å². The molecule has 0 radical (unpaired) electrons. The zero-order chi connectivity index (χ0) is 14.3. The predicted octanol–water partition coefficient (Wildman–Crippen LogP) is 2.30.